The maximum atomic E-state index is 11.3. The summed E-state index contributed by atoms with van der Waals surface area (Å²) in [5, 5.41) is 0.561. The van der Waals surface area contributed by atoms with E-state index < -0.39 is 13.8 Å². The van der Waals surface area contributed by atoms with Gasteiger partial charge in [-0.05, 0) is 31.9 Å². The van der Waals surface area contributed by atoms with Crippen LogP contribution in [0.15, 0.2) is 24.3 Å². The van der Waals surface area contributed by atoms with Crippen molar-refractivity contribution in [2.24, 2.45) is 0 Å². The van der Waals surface area contributed by atoms with Crippen molar-refractivity contribution in [3.8, 4) is 0 Å². The maximum absolute atomic E-state index is 11.3. The molecule has 0 N–H and O–H groups in total. The first-order valence-corrected chi connectivity index (χ1v) is 7.10. The van der Waals surface area contributed by atoms with Gasteiger partial charge >= 0.3 is 0 Å². The van der Waals surface area contributed by atoms with Gasteiger partial charge in [0.2, 0.25) is 9.05 Å². The molecule has 0 saturated heterocycles. The van der Waals surface area contributed by atoms with E-state index in [-0.39, 0.29) is 0 Å². The van der Waals surface area contributed by atoms with Crippen molar-refractivity contribution in [1.82, 2.24) is 0 Å². The molecule has 0 aliphatic heterocycles. The Morgan fingerprint density at radius 3 is 2.27 bits per heavy atom. The van der Waals surface area contributed by atoms with Gasteiger partial charge in [0.05, 0.1) is 4.75 Å². The van der Waals surface area contributed by atoms with Crippen LogP contribution in [0.3, 0.4) is 0 Å². The Labute approximate surface area is 99.6 Å². The molecule has 0 unspecified atom stereocenters. The Morgan fingerprint density at radius 2 is 1.80 bits per heavy atom. The summed E-state index contributed by atoms with van der Waals surface area (Å²) in [4.78, 5) is 0. The Kier molecular flexibility index (Phi) is 3.69. The molecular weight excluding hydrogens is 255 g/mol. The van der Waals surface area contributed by atoms with Crippen LogP contribution in [0.25, 0.3) is 0 Å². The van der Waals surface area contributed by atoms with Gasteiger partial charge in [-0.15, -0.1) is 0 Å². The molecule has 0 spiro atoms. The van der Waals surface area contributed by atoms with Crippen LogP contribution < -0.4 is 0 Å². The number of benzene rings is 1. The highest BCUT2D eigenvalue weighted by Crippen LogP contribution is 2.28. The van der Waals surface area contributed by atoms with Crippen LogP contribution >= 0.6 is 22.3 Å². The Morgan fingerprint density at radius 1 is 1.27 bits per heavy atom. The van der Waals surface area contributed by atoms with Crippen LogP contribution in [0.5, 0.6) is 0 Å². The van der Waals surface area contributed by atoms with E-state index in [1.165, 1.54) is 0 Å². The largest absolute Gasteiger partial charge is 0.238 e. The third-order valence-corrected chi connectivity index (χ3v) is 5.32. The quantitative estimate of drug-likeness (QED) is 0.788. The Bertz CT molecular complexity index is 452. The van der Waals surface area contributed by atoms with E-state index in [0.717, 1.165) is 5.56 Å². The molecule has 0 amide bonds. The molecule has 1 aromatic rings. The smallest absolute Gasteiger partial charge is 0.212 e. The van der Waals surface area contributed by atoms with Crippen LogP contribution in [-0.2, 0) is 15.5 Å². The van der Waals surface area contributed by atoms with Gasteiger partial charge in [-0.2, -0.15) is 0 Å². The van der Waals surface area contributed by atoms with Crippen molar-refractivity contribution in [3.05, 3.63) is 34.9 Å². The third-order valence-electron chi connectivity index (χ3n) is 2.23. The van der Waals surface area contributed by atoms with Gasteiger partial charge in [0.1, 0.15) is 0 Å². The fraction of sp³-hybridized carbons (Fsp3) is 0.400. The van der Waals surface area contributed by atoms with Gasteiger partial charge in [0.25, 0.3) is 0 Å². The summed E-state index contributed by atoms with van der Waals surface area (Å²) in [6.07, 6.45) is 0.304. The highest BCUT2D eigenvalue weighted by atomic mass is 35.7. The van der Waals surface area contributed by atoms with Gasteiger partial charge in [-0.3, -0.25) is 0 Å². The SMILES string of the molecule is CC(C)(Cc1ccccc1Cl)S(=O)(=O)Cl. The minimum atomic E-state index is -3.60. The second-order valence-electron chi connectivity index (χ2n) is 3.97. The molecule has 1 rings (SSSR count). The zero-order chi connectivity index (χ0) is 11.7. The van der Waals surface area contributed by atoms with E-state index in [0.29, 0.717) is 11.4 Å². The molecule has 0 aliphatic carbocycles. The molecule has 1 aromatic carbocycles. The first kappa shape index (κ1) is 12.8. The molecule has 0 heterocycles. The lowest BCUT2D eigenvalue weighted by Gasteiger charge is -2.21. The van der Waals surface area contributed by atoms with Gasteiger partial charge < -0.3 is 0 Å². The van der Waals surface area contributed by atoms with E-state index in [1.807, 2.05) is 6.07 Å². The van der Waals surface area contributed by atoms with E-state index in [2.05, 4.69) is 0 Å². The van der Waals surface area contributed by atoms with Gasteiger partial charge in [0.15, 0.2) is 0 Å². The van der Waals surface area contributed by atoms with Gasteiger partial charge in [-0.25, -0.2) is 8.42 Å². The zero-order valence-corrected chi connectivity index (χ0v) is 10.8. The zero-order valence-electron chi connectivity index (χ0n) is 8.50. The molecule has 2 nitrogen and oxygen atoms in total. The van der Waals surface area contributed by atoms with Gasteiger partial charge in [-0.1, -0.05) is 29.8 Å². The van der Waals surface area contributed by atoms with E-state index in [9.17, 15) is 8.42 Å². The summed E-state index contributed by atoms with van der Waals surface area (Å²) in [5.74, 6) is 0. The van der Waals surface area contributed by atoms with Crippen molar-refractivity contribution in [2.75, 3.05) is 0 Å². The molecule has 5 heteroatoms. The second-order valence-corrected chi connectivity index (χ2v) is 7.57. The lowest BCUT2D eigenvalue weighted by molar-refractivity contribution is 0.559. The van der Waals surface area contributed by atoms with Crippen molar-refractivity contribution < 1.29 is 8.42 Å². The molecule has 0 fully saturated rings. The summed E-state index contributed by atoms with van der Waals surface area (Å²) in [5.41, 5.74) is 0.786. The normalized spacial score (nSPS) is 12.8. The molecule has 0 bridgehead atoms. The summed E-state index contributed by atoms with van der Waals surface area (Å²) < 4.78 is 21.6. The minimum absolute atomic E-state index is 0.304. The van der Waals surface area contributed by atoms with Crippen molar-refractivity contribution in [1.29, 1.82) is 0 Å². The Balaban J connectivity index is 3.02. The molecule has 0 aromatic heterocycles. The molecule has 15 heavy (non-hydrogen) atoms. The first-order valence-electron chi connectivity index (χ1n) is 4.42. The number of rotatable bonds is 3. The molecule has 0 radical (unpaired) electrons. The fourth-order valence-corrected chi connectivity index (χ4v) is 1.88. The average molecular weight is 267 g/mol. The minimum Gasteiger partial charge on any atom is -0.212 e. The summed E-state index contributed by atoms with van der Waals surface area (Å²) in [7, 11) is 1.75. The van der Waals surface area contributed by atoms with Crippen LogP contribution in [-0.4, -0.2) is 13.2 Å². The molecule has 84 valence electrons. The number of halogens is 2. The molecule has 0 saturated carbocycles. The lowest BCUT2D eigenvalue weighted by Crippen LogP contribution is -2.30. The molecule has 0 aliphatic rings. The van der Waals surface area contributed by atoms with E-state index in [1.54, 1.807) is 32.0 Å². The predicted octanol–water partition coefficient (Wildman–Crippen LogP) is 3.23. The number of hydrogen-bond acceptors (Lipinski definition) is 2. The maximum Gasteiger partial charge on any atom is 0.238 e. The third kappa shape index (κ3) is 3.10. The molecular formula is C10H12Cl2O2S. The van der Waals surface area contributed by atoms with Crippen molar-refractivity contribution in [2.45, 2.75) is 25.0 Å². The van der Waals surface area contributed by atoms with Gasteiger partial charge in [0, 0.05) is 15.7 Å². The monoisotopic (exact) mass is 266 g/mol. The summed E-state index contributed by atoms with van der Waals surface area (Å²) in [6.45, 7) is 3.16. The topological polar surface area (TPSA) is 34.1 Å². The van der Waals surface area contributed by atoms with Crippen molar-refractivity contribution >= 4 is 31.3 Å². The van der Waals surface area contributed by atoms with Crippen molar-refractivity contribution in [3.63, 3.8) is 0 Å². The fourth-order valence-electron chi connectivity index (χ4n) is 1.19. The van der Waals surface area contributed by atoms with Crippen LogP contribution in [0, 0.1) is 0 Å². The van der Waals surface area contributed by atoms with Crippen LogP contribution in [0.1, 0.15) is 19.4 Å². The number of hydrogen-bond donors (Lipinski definition) is 0. The highest BCUT2D eigenvalue weighted by Gasteiger charge is 2.33. The standard InChI is InChI=1S/C10H12Cl2O2S/c1-10(2,15(12,13)14)7-8-5-3-4-6-9(8)11/h3-6H,7H2,1-2H3. The van der Waals surface area contributed by atoms with E-state index >= 15 is 0 Å². The first-order chi connectivity index (χ1) is 6.74. The molecule has 0 atom stereocenters. The predicted molar refractivity (Wildman–Crippen MR) is 64.0 cm³/mol. The van der Waals surface area contributed by atoms with Crippen LogP contribution in [0.2, 0.25) is 5.02 Å². The summed E-state index contributed by atoms with van der Waals surface area (Å²) >= 11 is 5.94. The Hall–Kier alpha value is -0.250. The second kappa shape index (κ2) is 4.32. The highest BCUT2D eigenvalue weighted by molar-refractivity contribution is 8.14. The summed E-state index contributed by atoms with van der Waals surface area (Å²) in [6, 6.07) is 7.14. The average Bonchev–Trinajstić information content (AvgIpc) is 2.06. The van der Waals surface area contributed by atoms with Crippen LogP contribution in [0.4, 0.5) is 0 Å². The van der Waals surface area contributed by atoms with E-state index in [4.69, 9.17) is 22.3 Å². The lowest BCUT2D eigenvalue weighted by atomic mass is 10.0.